The predicted octanol–water partition coefficient (Wildman–Crippen LogP) is 2.88. The van der Waals surface area contributed by atoms with Crippen molar-refractivity contribution >= 4 is 29.4 Å². The first kappa shape index (κ1) is 17.5. The van der Waals surface area contributed by atoms with Crippen molar-refractivity contribution in [2.45, 2.75) is 5.22 Å². The smallest absolute Gasteiger partial charge is 0.325 e. The van der Waals surface area contributed by atoms with Crippen molar-refractivity contribution in [2.75, 3.05) is 11.1 Å². The number of urea groups is 1. The van der Waals surface area contributed by atoms with Gasteiger partial charge in [-0.3, -0.25) is 10.1 Å². The van der Waals surface area contributed by atoms with Crippen molar-refractivity contribution in [1.82, 2.24) is 15.5 Å². The second-order valence-corrected chi connectivity index (χ2v) is 6.00. The molecule has 0 saturated heterocycles. The molecule has 0 aliphatic heterocycles. The fourth-order valence-electron chi connectivity index (χ4n) is 1.96. The van der Waals surface area contributed by atoms with Gasteiger partial charge in [0.25, 0.3) is 5.22 Å². The van der Waals surface area contributed by atoms with Crippen LogP contribution in [-0.4, -0.2) is 33.0 Å². The van der Waals surface area contributed by atoms with Crippen molar-refractivity contribution < 1.29 is 19.1 Å². The summed E-state index contributed by atoms with van der Waals surface area (Å²) in [7, 11) is 0. The summed E-state index contributed by atoms with van der Waals surface area (Å²) in [6, 6.07) is 14.5. The monoisotopic (exact) mass is 370 g/mol. The van der Waals surface area contributed by atoms with Crippen molar-refractivity contribution in [3.63, 3.8) is 0 Å². The molecule has 1 heterocycles. The number of nitrogens with zero attached hydrogens (tertiary/aromatic N) is 2. The number of rotatable bonds is 5. The molecule has 26 heavy (non-hydrogen) atoms. The SMILES string of the molecule is O=C(CSc1nnc(-c2ccc(O)cc2)o1)NC(=O)Nc1ccccc1. The van der Waals surface area contributed by atoms with Gasteiger partial charge in [-0.25, -0.2) is 4.79 Å². The fourth-order valence-corrected chi connectivity index (χ4v) is 2.53. The number of hydrogen-bond acceptors (Lipinski definition) is 7. The van der Waals surface area contributed by atoms with E-state index >= 15 is 0 Å². The third kappa shape index (κ3) is 4.84. The van der Waals surface area contributed by atoms with Crippen LogP contribution in [0.15, 0.2) is 64.2 Å². The van der Waals surface area contributed by atoms with Crippen LogP contribution in [0.3, 0.4) is 0 Å². The molecule has 2 aromatic carbocycles. The van der Waals surface area contributed by atoms with Gasteiger partial charge in [-0.15, -0.1) is 10.2 Å². The molecule has 3 amide bonds. The maximum atomic E-state index is 11.8. The number of amides is 3. The first-order valence-corrected chi connectivity index (χ1v) is 8.50. The van der Waals surface area contributed by atoms with Crippen molar-refractivity contribution in [3.8, 4) is 17.2 Å². The van der Waals surface area contributed by atoms with Gasteiger partial charge in [-0.05, 0) is 36.4 Å². The summed E-state index contributed by atoms with van der Waals surface area (Å²) in [5, 5.41) is 22.0. The maximum absolute atomic E-state index is 11.8. The molecule has 0 aliphatic rings. The van der Waals surface area contributed by atoms with Crippen LogP contribution >= 0.6 is 11.8 Å². The lowest BCUT2D eigenvalue weighted by atomic mass is 10.2. The van der Waals surface area contributed by atoms with Gasteiger partial charge in [0.1, 0.15) is 5.75 Å². The van der Waals surface area contributed by atoms with Crippen LogP contribution in [0.25, 0.3) is 11.5 Å². The predicted molar refractivity (Wildman–Crippen MR) is 95.7 cm³/mol. The van der Waals surface area contributed by atoms with E-state index in [2.05, 4.69) is 20.8 Å². The lowest BCUT2D eigenvalue weighted by Gasteiger charge is -2.05. The molecule has 3 rings (SSSR count). The van der Waals surface area contributed by atoms with Gasteiger partial charge in [0.15, 0.2) is 0 Å². The van der Waals surface area contributed by atoms with Gasteiger partial charge in [0, 0.05) is 11.3 Å². The molecule has 0 atom stereocenters. The number of benzene rings is 2. The van der Waals surface area contributed by atoms with E-state index in [1.165, 1.54) is 12.1 Å². The summed E-state index contributed by atoms with van der Waals surface area (Å²) in [6.07, 6.45) is 0. The van der Waals surface area contributed by atoms with Crippen LogP contribution in [0.2, 0.25) is 0 Å². The van der Waals surface area contributed by atoms with E-state index in [1.807, 2.05) is 6.07 Å². The zero-order valence-corrected chi connectivity index (χ0v) is 14.2. The second-order valence-electron chi connectivity index (χ2n) is 5.08. The molecule has 3 aromatic rings. The van der Waals surface area contributed by atoms with E-state index in [4.69, 9.17) is 4.42 Å². The molecule has 8 nitrogen and oxygen atoms in total. The lowest BCUT2D eigenvalue weighted by molar-refractivity contribution is -0.117. The fraction of sp³-hybridized carbons (Fsp3) is 0.0588. The van der Waals surface area contributed by atoms with E-state index in [-0.39, 0.29) is 22.6 Å². The molecule has 0 spiro atoms. The van der Waals surface area contributed by atoms with Gasteiger partial charge in [0.05, 0.1) is 5.75 Å². The Balaban J connectivity index is 1.49. The van der Waals surface area contributed by atoms with E-state index in [0.29, 0.717) is 11.3 Å². The van der Waals surface area contributed by atoms with E-state index in [0.717, 1.165) is 11.8 Å². The number of thioether (sulfide) groups is 1. The Kier molecular flexibility index (Phi) is 5.49. The Bertz CT molecular complexity index is 897. The first-order chi connectivity index (χ1) is 12.6. The van der Waals surface area contributed by atoms with Gasteiger partial charge < -0.3 is 14.8 Å². The summed E-state index contributed by atoms with van der Waals surface area (Å²) in [4.78, 5) is 23.5. The van der Waals surface area contributed by atoms with E-state index in [1.54, 1.807) is 36.4 Å². The summed E-state index contributed by atoms with van der Waals surface area (Å²) in [5.74, 6) is -0.143. The Morgan fingerprint density at radius 3 is 2.50 bits per heavy atom. The molecule has 0 fully saturated rings. The first-order valence-electron chi connectivity index (χ1n) is 7.52. The zero-order valence-electron chi connectivity index (χ0n) is 13.4. The van der Waals surface area contributed by atoms with Crippen LogP contribution in [0, 0.1) is 0 Å². The minimum Gasteiger partial charge on any atom is -0.508 e. The molecular formula is C17H14N4O4S. The summed E-state index contributed by atoms with van der Waals surface area (Å²) in [5.41, 5.74) is 1.23. The highest BCUT2D eigenvalue weighted by Gasteiger charge is 2.13. The molecule has 0 aliphatic carbocycles. The van der Waals surface area contributed by atoms with E-state index < -0.39 is 11.9 Å². The summed E-state index contributed by atoms with van der Waals surface area (Å²) < 4.78 is 5.44. The Morgan fingerprint density at radius 2 is 1.77 bits per heavy atom. The molecular weight excluding hydrogens is 356 g/mol. The van der Waals surface area contributed by atoms with Crippen molar-refractivity contribution in [2.24, 2.45) is 0 Å². The number of anilines is 1. The molecule has 132 valence electrons. The molecule has 0 bridgehead atoms. The molecule has 9 heteroatoms. The number of imide groups is 1. The molecule has 0 radical (unpaired) electrons. The van der Waals surface area contributed by atoms with Gasteiger partial charge in [-0.1, -0.05) is 30.0 Å². The highest BCUT2D eigenvalue weighted by atomic mass is 32.2. The highest BCUT2D eigenvalue weighted by Crippen LogP contribution is 2.24. The van der Waals surface area contributed by atoms with Gasteiger partial charge in [0.2, 0.25) is 11.8 Å². The average molecular weight is 370 g/mol. The third-order valence-electron chi connectivity index (χ3n) is 3.13. The average Bonchev–Trinajstić information content (AvgIpc) is 3.10. The number of carbonyl (C=O) groups excluding carboxylic acids is 2. The number of hydrogen-bond donors (Lipinski definition) is 3. The standard InChI is InChI=1S/C17H14N4O4S/c22-13-8-6-11(7-9-13)15-20-21-17(25-15)26-10-14(23)19-16(24)18-12-4-2-1-3-5-12/h1-9,22H,10H2,(H2,18,19,23,24). The highest BCUT2D eigenvalue weighted by molar-refractivity contribution is 7.99. The summed E-state index contributed by atoms with van der Waals surface area (Å²) in [6.45, 7) is 0. The van der Waals surface area contributed by atoms with Crippen LogP contribution in [0.4, 0.5) is 10.5 Å². The summed E-state index contributed by atoms with van der Waals surface area (Å²) >= 11 is 1.01. The number of carbonyl (C=O) groups is 2. The van der Waals surface area contributed by atoms with Crippen LogP contribution < -0.4 is 10.6 Å². The van der Waals surface area contributed by atoms with Crippen LogP contribution in [0.5, 0.6) is 5.75 Å². The van der Waals surface area contributed by atoms with Crippen molar-refractivity contribution in [1.29, 1.82) is 0 Å². The van der Waals surface area contributed by atoms with Crippen molar-refractivity contribution in [3.05, 3.63) is 54.6 Å². The number of nitrogens with one attached hydrogen (secondary N) is 2. The Labute approximate surface area is 152 Å². The minimum absolute atomic E-state index is 0.0561. The molecule has 3 N–H and O–H groups in total. The Hall–Kier alpha value is -3.33. The topological polar surface area (TPSA) is 117 Å². The van der Waals surface area contributed by atoms with Crippen LogP contribution in [-0.2, 0) is 4.79 Å². The minimum atomic E-state index is -0.614. The van der Waals surface area contributed by atoms with Crippen LogP contribution in [0.1, 0.15) is 0 Å². The van der Waals surface area contributed by atoms with E-state index in [9.17, 15) is 14.7 Å². The number of aromatic nitrogens is 2. The molecule has 0 saturated carbocycles. The molecule has 1 aromatic heterocycles. The van der Waals surface area contributed by atoms with Gasteiger partial charge >= 0.3 is 6.03 Å². The number of phenols is 1. The third-order valence-corrected chi connectivity index (χ3v) is 3.95. The number of aromatic hydroxyl groups is 1. The van der Waals surface area contributed by atoms with Gasteiger partial charge in [-0.2, -0.15) is 0 Å². The quantitative estimate of drug-likeness (QED) is 0.591. The normalized spacial score (nSPS) is 10.3. The number of phenolic OH excluding ortho intramolecular Hbond substituents is 1. The zero-order chi connectivity index (χ0) is 18.4. The number of para-hydroxylation sites is 1. The lowest BCUT2D eigenvalue weighted by Crippen LogP contribution is -2.35. The Morgan fingerprint density at radius 1 is 1.04 bits per heavy atom. The maximum Gasteiger partial charge on any atom is 0.325 e. The molecule has 0 unspecified atom stereocenters. The largest absolute Gasteiger partial charge is 0.508 e. The second kappa shape index (κ2) is 8.17.